The Morgan fingerprint density at radius 2 is 1.86 bits per heavy atom. The molecule has 0 heterocycles. The van der Waals surface area contributed by atoms with Gasteiger partial charge in [-0.2, -0.15) is 0 Å². The predicted octanol–water partition coefficient (Wildman–Crippen LogP) is 3.12. The summed E-state index contributed by atoms with van der Waals surface area (Å²) >= 11 is 0. The highest BCUT2D eigenvalue weighted by Gasteiger charge is 2.15. The van der Waals surface area contributed by atoms with Crippen molar-refractivity contribution in [3.63, 3.8) is 0 Å². The summed E-state index contributed by atoms with van der Waals surface area (Å²) in [5.74, 6) is 0. The number of nitrogens with one attached hydrogen (secondary N) is 2. The first-order valence-corrected chi connectivity index (χ1v) is 7.61. The standard InChI is InChI=1S/C17H28N2O2/c1-14(13-15-9-6-5-7-10-15)18-11-8-12-19-16(20)21-17(2,3)4/h5-7,9-10,14,18H,8,11-13H2,1-4H3,(H,19,20). The van der Waals surface area contributed by atoms with E-state index in [-0.39, 0.29) is 6.09 Å². The van der Waals surface area contributed by atoms with Crippen LogP contribution in [0.15, 0.2) is 30.3 Å². The van der Waals surface area contributed by atoms with Crippen molar-refractivity contribution in [2.24, 2.45) is 0 Å². The van der Waals surface area contributed by atoms with E-state index in [2.05, 4.69) is 41.8 Å². The van der Waals surface area contributed by atoms with Crippen LogP contribution in [0.5, 0.6) is 0 Å². The Labute approximate surface area is 128 Å². The van der Waals surface area contributed by atoms with E-state index in [0.717, 1.165) is 19.4 Å². The fourth-order valence-corrected chi connectivity index (χ4v) is 1.98. The van der Waals surface area contributed by atoms with Gasteiger partial charge in [0.05, 0.1) is 0 Å². The van der Waals surface area contributed by atoms with Crippen molar-refractivity contribution < 1.29 is 9.53 Å². The molecule has 0 saturated carbocycles. The van der Waals surface area contributed by atoms with Gasteiger partial charge in [0.1, 0.15) is 5.60 Å². The zero-order valence-electron chi connectivity index (χ0n) is 13.6. The molecule has 1 aromatic rings. The van der Waals surface area contributed by atoms with Gasteiger partial charge in [0.2, 0.25) is 0 Å². The Hall–Kier alpha value is -1.55. The van der Waals surface area contributed by atoms with Gasteiger partial charge in [-0.25, -0.2) is 4.79 Å². The molecule has 1 amide bonds. The van der Waals surface area contributed by atoms with E-state index in [1.165, 1.54) is 5.56 Å². The lowest BCUT2D eigenvalue weighted by Crippen LogP contribution is -2.35. The number of carbonyl (C=O) groups is 1. The highest BCUT2D eigenvalue weighted by molar-refractivity contribution is 5.67. The minimum absolute atomic E-state index is 0.347. The molecule has 0 bridgehead atoms. The maximum absolute atomic E-state index is 11.4. The topological polar surface area (TPSA) is 50.4 Å². The van der Waals surface area contributed by atoms with Gasteiger partial charge < -0.3 is 15.4 Å². The highest BCUT2D eigenvalue weighted by Crippen LogP contribution is 2.06. The number of benzene rings is 1. The van der Waals surface area contributed by atoms with E-state index in [1.807, 2.05) is 26.8 Å². The van der Waals surface area contributed by atoms with Crippen molar-refractivity contribution in [1.82, 2.24) is 10.6 Å². The molecule has 2 N–H and O–H groups in total. The van der Waals surface area contributed by atoms with Crippen molar-refractivity contribution in [3.05, 3.63) is 35.9 Å². The fourth-order valence-electron chi connectivity index (χ4n) is 1.98. The van der Waals surface area contributed by atoms with E-state index in [9.17, 15) is 4.79 Å². The van der Waals surface area contributed by atoms with Gasteiger partial charge in [0.25, 0.3) is 0 Å². The Kier molecular flexibility index (Phi) is 7.23. The second-order valence-corrected chi connectivity index (χ2v) is 6.33. The Bertz CT molecular complexity index is 413. The molecule has 0 aromatic heterocycles. The van der Waals surface area contributed by atoms with Crippen LogP contribution in [0.4, 0.5) is 4.79 Å². The first kappa shape index (κ1) is 17.5. The molecule has 0 aliphatic carbocycles. The van der Waals surface area contributed by atoms with E-state index in [4.69, 9.17) is 4.74 Å². The maximum atomic E-state index is 11.4. The third kappa shape index (κ3) is 9.08. The van der Waals surface area contributed by atoms with Crippen LogP contribution >= 0.6 is 0 Å². The van der Waals surface area contributed by atoms with Gasteiger partial charge in [0, 0.05) is 12.6 Å². The van der Waals surface area contributed by atoms with Crippen molar-refractivity contribution >= 4 is 6.09 Å². The summed E-state index contributed by atoms with van der Waals surface area (Å²) in [6.07, 6.45) is 1.55. The number of hydrogen-bond donors (Lipinski definition) is 2. The maximum Gasteiger partial charge on any atom is 0.407 e. The van der Waals surface area contributed by atoms with Crippen LogP contribution in [-0.2, 0) is 11.2 Å². The van der Waals surface area contributed by atoms with Crippen LogP contribution in [0.2, 0.25) is 0 Å². The summed E-state index contributed by atoms with van der Waals surface area (Å²) in [4.78, 5) is 11.4. The highest BCUT2D eigenvalue weighted by atomic mass is 16.6. The number of hydrogen-bond acceptors (Lipinski definition) is 3. The largest absolute Gasteiger partial charge is 0.444 e. The molecule has 0 radical (unpaired) electrons. The van der Waals surface area contributed by atoms with E-state index in [1.54, 1.807) is 0 Å². The average Bonchev–Trinajstić information content (AvgIpc) is 2.37. The van der Waals surface area contributed by atoms with Gasteiger partial charge in [-0.3, -0.25) is 0 Å². The van der Waals surface area contributed by atoms with E-state index in [0.29, 0.717) is 12.6 Å². The molecule has 0 aliphatic rings. The molecule has 1 unspecified atom stereocenters. The monoisotopic (exact) mass is 292 g/mol. The lowest BCUT2D eigenvalue weighted by Gasteiger charge is -2.19. The second kappa shape index (κ2) is 8.67. The number of amides is 1. The molecule has 4 heteroatoms. The number of alkyl carbamates (subject to hydrolysis) is 1. The predicted molar refractivity (Wildman–Crippen MR) is 86.5 cm³/mol. The third-order valence-electron chi connectivity index (χ3n) is 2.90. The Balaban J connectivity index is 2.07. The van der Waals surface area contributed by atoms with Crippen LogP contribution in [0, 0.1) is 0 Å². The molecular weight excluding hydrogens is 264 g/mol. The van der Waals surface area contributed by atoms with E-state index < -0.39 is 5.60 Å². The first-order valence-electron chi connectivity index (χ1n) is 7.61. The average molecular weight is 292 g/mol. The van der Waals surface area contributed by atoms with Crippen molar-refractivity contribution in [2.45, 2.75) is 52.2 Å². The molecule has 0 spiro atoms. The minimum atomic E-state index is -0.438. The van der Waals surface area contributed by atoms with Crippen molar-refractivity contribution in [3.8, 4) is 0 Å². The van der Waals surface area contributed by atoms with Crippen molar-refractivity contribution in [2.75, 3.05) is 13.1 Å². The van der Waals surface area contributed by atoms with Crippen LogP contribution in [0.3, 0.4) is 0 Å². The number of rotatable bonds is 7. The Morgan fingerprint density at radius 3 is 2.48 bits per heavy atom. The zero-order chi connectivity index (χ0) is 15.7. The smallest absolute Gasteiger partial charge is 0.407 e. The van der Waals surface area contributed by atoms with Gasteiger partial charge in [0.15, 0.2) is 0 Å². The van der Waals surface area contributed by atoms with Crippen molar-refractivity contribution in [1.29, 1.82) is 0 Å². The van der Waals surface area contributed by atoms with Crippen LogP contribution < -0.4 is 10.6 Å². The van der Waals surface area contributed by atoms with Crippen LogP contribution in [0.25, 0.3) is 0 Å². The lowest BCUT2D eigenvalue weighted by atomic mass is 10.1. The summed E-state index contributed by atoms with van der Waals surface area (Å²) < 4.78 is 5.17. The van der Waals surface area contributed by atoms with Crippen LogP contribution in [-0.4, -0.2) is 30.8 Å². The Morgan fingerprint density at radius 1 is 1.19 bits per heavy atom. The van der Waals surface area contributed by atoms with Gasteiger partial charge >= 0.3 is 6.09 Å². The molecule has 0 fully saturated rings. The third-order valence-corrected chi connectivity index (χ3v) is 2.90. The summed E-state index contributed by atoms with van der Waals surface area (Å²) in [5.41, 5.74) is 0.899. The zero-order valence-corrected chi connectivity index (χ0v) is 13.6. The molecule has 21 heavy (non-hydrogen) atoms. The van der Waals surface area contributed by atoms with E-state index >= 15 is 0 Å². The first-order chi connectivity index (χ1) is 9.87. The second-order valence-electron chi connectivity index (χ2n) is 6.33. The molecule has 118 valence electrons. The lowest BCUT2D eigenvalue weighted by molar-refractivity contribution is 0.0527. The minimum Gasteiger partial charge on any atom is -0.444 e. The van der Waals surface area contributed by atoms with Gasteiger partial charge in [-0.15, -0.1) is 0 Å². The normalized spacial score (nSPS) is 12.8. The summed E-state index contributed by atoms with van der Waals surface area (Å²) in [5, 5.41) is 6.22. The van der Waals surface area contributed by atoms with Gasteiger partial charge in [-0.1, -0.05) is 30.3 Å². The molecule has 1 rings (SSSR count). The summed E-state index contributed by atoms with van der Waals surface area (Å²) in [6, 6.07) is 10.9. The molecule has 1 atom stereocenters. The molecule has 4 nitrogen and oxygen atoms in total. The summed E-state index contributed by atoms with van der Waals surface area (Å²) in [6.45, 7) is 9.26. The molecular formula is C17H28N2O2. The van der Waals surface area contributed by atoms with Crippen LogP contribution in [0.1, 0.15) is 39.7 Å². The molecule has 0 aliphatic heterocycles. The summed E-state index contributed by atoms with van der Waals surface area (Å²) in [7, 11) is 0. The molecule has 1 aromatic carbocycles. The number of carbonyl (C=O) groups excluding carboxylic acids is 1. The quantitative estimate of drug-likeness (QED) is 0.759. The fraction of sp³-hybridized carbons (Fsp3) is 0.588. The SMILES string of the molecule is CC(Cc1ccccc1)NCCCNC(=O)OC(C)(C)C. The molecule has 0 saturated heterocycles. The van der Waals surface area contributed by atoms with Gasteiger partial charge in [-0.05, 0) is 52.6 Å². The number of ether oxygens (including phenoxy) is 1.